The lowest BCUT2D eigenvalue weighted by Crippen LogP contribution is -2.30. The summed E-state index contributed by atoms with van der Waals surface area (Å²) in [6.07, 6.45) is 1.58. The Morgan fingerprint density at radius 1 is 0.950 bits per heavy atom. The first-order chi connectivity index (χ1) is 9.77. The van der Waals surface area contributed by atoms with Crippen molar-refractivity contribution < 1.29 is 4.79 Å². The maximum absolute atomic E-state index is 11.9. The summed E-state index contributed by atoms with van der Waals surface area (Å²) in [5.41, 5.74) is 2.56. The summed E-state index contributed by atoms with van der Waals surface area (Å²) in [6.45, 7) is 0. The van der Waals surface area contributed by atoms with E-state index >= 15 is 0 Å². The lowest BCUT2D eigenvalue weighted by atomic mass is 9.84. The topological polar surface area (TPSA) is 20.3 Å². The van der Waals surface area contributed by atoms with Gasteiger partial charge in [-0.1, -0.05) is 60.7 Å². The molecule has 0 saturated carbocycles. The van der Waals surface area contributed by atoms with Crippen molar-refractivity contribution in [3.05, 3.63) is 71.8 Å². The van der Waals surface area contributed by atoms with Gasteiger partial charge < -0.3 is 0 Å². The molecule has 0 unspecified atom stereocenters. The average molecular weight is 377 g/mol. The van der Waals surface area contributed by atoms with E-state index in [4.69, 9.17) is 0 Å². The van der Waals surface area contributed by atoms with Crippen LogP contribution in [0.5, 0.6) is 0 Å². The molecule has 2 nitrogen and oxygen atoms in total. The van der Waals surface area contributed by atoms with E-state index in [2.05, 4.69) is 71.4 Å². The van der Waals surface area contributed by atoms with Gasteiger partial charge in [0.15, 0.2) is 0 Å². The number of nitrogens with zero attached hydrogens (tertiary/aromatic N) is 1. The van der Waals surface area contributed by atoms with Crippen LogP contribution in [0.4, 0.5) is 0 Å². The molecule has 2 aromatic rings. The van der Waals surface area contributed by atoms with Crippen LogP contribution < -0.4 is 0 Å². The van der Waals surface area contributed by atoms with Crippen LogP contribution in [0.25, 0.3) is 0 Å². The standard InChI is InChI=1S/C17H16INO/c18-19-15(11-12-16(19)20)17(13-7-3-1-4-8-13)14-9-5-2-6-10-14/h1-10,15,17H,11-12H2/t15-/m0/s1. The molecule has 0 aliphatic carbocycles. The van der Waals surface area contributed by atoms with Crippen molar-refractivity contribution in [1.29, 1.82) is 0 Å². The van der Waals surface area contributed by atoms with Gasteiger partial charge in [-0.15, -0.1) is 0 Å². The minimum Gasteiger partial charge on any atom is -0.281 e. The molecule has 0 N–H and O–H groups in total. The second-order valence-corrected chi connectivity index (χ2v) is 6.15. The Balaban J connectivity index is 2.03. The first-order valence-electron chi connectivity index (χ1n) is 6.85. The van der Waals surface area contributed by atoms with Crippen LogP contribution in [0, 0.1) is 0 Å². The highest BCUT2D eigenvalue weighted by Crippen LogP contribution is 2.38. The predicted molar refractivity (Wildman–Crippen MR) is 88.6 cm³/mol. The van der Waals surface area contributed by atoms with Crippen LogP contribution in [0.3, 0.4) is 0 Å². The molecule has 3 rings (SSSR count). The van der Waals surface area contributed by atoms with Crippen molar-refractivity contribution in [2.75, 3.05) is 0 Å². The lowest BCUT2D eigenvalue weighted by Gasteiger charge is -2.28. The fourth-order valence-corrected chi connectivity index (χ4v) is 3.77. The number of carbonyl (C=O) groups is 1. The van der Waals surface area contributed by atoms with Crippen molar-refractivity contribution in [2.24, 2.45) is 0 Å². The third-order valence-electron chi connectivity index (χ3n) is 3.89. The first-order valence-corrected chi connectivity index (χ1v) is 7.81. The summed E-state index contributed by atoms with van der Waals surface area (Å²) >= 11 is 2.17. The molecule has 1 amide bonds. The molecular weight excluding hydrogens is 361 g/mol. The Kier molecular flexibility index (Phi) is 4.05. The van der Waals surface area contributed by atoms with Crippen LogP contribution in [0.15, 0.2) is 60.7 Å². The van der Waals surface area contributed by atoms with Crippen LogP contribution >= 0.6 is 22.9 Å². The second-order valence-electron chi connectivity index (χ2n) is 5.11. The molecule has 1 fully saturated rings. The summed E-state index contributed by atoms with van der Waals surface area (Å²) in [5, 5.41) is 0. The molecule has 1 heterocycles. The van der Waals surface area contributed by atoms with E-state index in [1.807, 2.05) is 15.2 Å². The van der Waals surface area contributed by atoms with E-state index in [0.29, 0.717) is 6.42 Å². The highest BCUT2D eigenvalue weighted by atomic mass is 127. The van der Waals surface area contributed by atoms with Crippen molar-refractivity contribution in [3.63, 3.8) is 0 Å². The molecule has 1 aliphatic rings. The number of amides is 1. The van der Waals surface area contributed by atoms with E-state index in [9.17, 15) is 4.79 Å². The summed E-state index contributed by atoms with van der Waals surface area (Å²) in [4.78, 5) is 11.9. The van der Waals surface area contributed by atoms with Gasteiger partial charge in [0.25, 0.3) is 0 Å². The Labute approximate surface area is 133 Å². The van der Waals surface area contributed by atoms with E-state index in [1.165, 1.54) is 11.1 Å². The lowest BCUT2D eigenvalue weighted by molar-refractivity contribution is -0.123. The van der Waals surface area contributed by atoms with Crippen molar-refractivity contribution in [2.45, 2.75) is 24.8 Å². The fraction of sp³-hybridized carbons (Fsp3) is 0.235. The van der Waals surface area contributed by atoms with Crippen LogP contribution in [0.1, 0.15) is 29.9 Å². The molecule has 0 spiro atoms. The first kappa shape index (κ1) is 13.6. The SMILES string of the molecule is O=C1CC[C@@H](C(c2ccccc2)c2ccccc2)N1I. The average Bonchev–Trinajstić information content (AvgIpc) is 2.82. The Morgan fingerprint density at radius 2 is 1.45 bits per heavy atom. The number of halogens is 1. The van der Waals surface area contributed by atoms with Gasteiger partial charge in [-0.3, -0.25) is 7.91 Å². The second kappa shape index (κ2) is 5.95. The van der Waals surface area contributed by atoms with Gasteiger partial charge in [0.05, 0.1) is 28.9 Å². The zero-order chi connectivity index (χ0) is 13.9. The third-order valence-corrected chi connectivity index (χ3v) is 5.14. The number of carbonyl (C=O) groups excluding carboxylic acids is 1. The zero-order valence-corrected chi connectivity index (χ0v) is 13.2. The van der Waals surface area contributed by atoms with Crippen molar-refractivity contribution in [1.82, 2.24) is 3.11 Å². The van der Waals surface area contributed by atoms with E-state index in [0.717, 1.165) is 6.42 Å². The summed E-state index contributed by atoms with van der Waals surface area (Å²) in [7, 11) is 0. The van der Waals surface area contributed by atoms with Gasteiger partial charge >= 0.3 is 0 Å². The molecule has 102 valence electrons. The van der Waals surface area contributed by atoms with Gasteiger partial charge in [-0.2, -0.15) is 0 Å². The van der Waals surface area contributed by atoms with Crippen LogP contribution in [0.2, 0.25) is 0 Å². The smallest absolute Gasteiger partial charge is 0.231 e. The molecule has 0 radical (unpaired) electrons. The molecule has 2 aromatic carbocycles. The van der Waals surface area contributed by atoms with E-state index < -0.39 is 0 Å². The molecule has 1 saturated heterocycles. The number of rotatable bonds is 3. The van der Waals surface area contributed by atoms with Gasteiger partial charge in [-0.25, -0.2) is 0 Å². The van der Waals surface area contributed by atoms with E-state index in [1.54, 1.807) is 0 Å². The van der Waals surface area contributed by atoms with Gasteiger partial charge in [0.2, 0.25) is 5.91 Å². The largest absolute Gasteiger partial charge is 0.281 e. The highest BCUT2D eigenvalue weighted by Gasteiger charge is 2.36. The van der Waals surface area contributed by atoms with Crippen molar-refractivity contribution in [3.8, 4) is 0 Å². The Hall–Kier alpha value is -1.36. The highest BCUT2D eigenvalue weighted by molar-refractivity contribution is 14.1. The maximum Gasteiger partial charge on any atom is 0.231 e. The molecule has 3 heteroatoms. The molecule has 0 bridgehead atoms. The number of hydrogen-bond donors (Lipinski definition) is 0. The van der Waals surface area contributed by atoms with Crippen LogP contribution in [-0.2, 0) is 4.79 Å². The van der Waals surface area contributed by atoms with Gasteiger partial charge in [0, 0.05) is 12.3 Å². The minimum absolute atomic E-state index is 0.243. The molecule has 1 atom stereocenters. The Morgan fingerprint density at radius 3 is 1.85 bits per heavy atom. The maximum atomic E-state index is 11.9. The monoisotopic (exact) mass is 377 g/mol. The molecule has 1 aliphatic heterocycles. The molecular formula is C17H16INO. The summed E-state index contributed by atoms with van der Waals surface area (Å²) < 4.78 is 1.89. The molecule has 0 aromatic heterocycles. The van der Waals surface area contributed by atoms with Gasteiger partial charge in [-0.05, 0) is 17.5 Å². The number of hydrogen-bond acceptors (Lipinski definition) is 1. The molecule has 20 heavy (non-hydrogen) atoms. The van der Waals surface area contributed by atoms with Gasteiger partial charge in [0.1, 0.15) is 0 Å². The quantitative estimate of drug-likeness (QED) is 0.581. The minimum atomic E-state index is 0.243. The normalized spacial score (nSPS) is 18.8. The number of benzene rings is 2. The summed E-state index contributed by atoms with van der Waals surface area (Å²) in [5.74, 6) is 0.494. The van der Waals surface area contributed by atoms with Crippen molar-refractivity contribution >= 4 is 28.8 Å². The zero-order valence-electron chi connectivity index (χ0n) is 11.1. The Bertz CT molecular complexity index is 545. The summed E-state index contributed by atoms with van der Waals surface area (Å²) in [6, 6.07) is 21.2. The van der Waals surface area contributed by atoms with Crippen LogP contribution in [-0.4, -0.2) is 15.1 Å². The van der Waals surface area contributed by atoms with E-state index in [-0.39, 0.29) is 17.9 Å². The fourth-order valence-electron chi connectivity index (χ4n) is 2.93. The predicted octanol–water partition coefficient (Wildman–Crippen LogP) is 4.16. The third kappa shape index (κ3) is 2.59.